The van der Waals surface area contributed by atoms with E-state index in [1.165, 1.54) is 23.2 Å². The van der Waals surface area contributed by atoms with Gasteiger partial charge in [-0.1, -0.05) is 5.22 Å². The number of fused-ring (bicyclic) bond motifs is 1. The smallest absolute Gasteiger partial charge is 0.446 e. The second kappa shape index (κ2) is 8.54. The van der Waals surface area contributed by atoms with Crippen LogP contribution in [0.4, 0.5) is 5.69 Å². The fourth-order valence-electron chi connectivity index (χ4n) is 2.60. The highest BCUT2D eigenvalue weighted by atomic mass is 32.3. The number of hydrogen-bond acceptors (Lipinski definition) is 10. The molecule has 0 atom stereocenters. The molecule has 0 aliphatic heterocycles. The molecule has 1 heterocycles. The molecule has 13 nitrogen and oxygen atoms in total. The highest BCUT2D eigenvalue weighted by Gasteiger charge is 2.17. The van der Waals surface area contributed by atoms with Gasteiger partial charge in [0.15, 0.2) is 0 Å². The van der Waals surface area contributed by atoms with E-state index in [4.69, 9.17) is 13.5 Å². The molecule has 0 saturated heterocycles. The van der Waals surface area contributed by atoms with Crippen LogP contribution < -0.4 is 13.8 Å². The molecule has 0 bridgehead atoms. The van der Waals surface area contributed by atoms with Crippen molar-refractivity contribution >= 4 is 37.5 Å². The molecule has 0 aliphatic rings. The zero-order valence-corrected chi connectivity index (χ0v) is 18.0. The zero-order valence-electron chi connectivity index (χ0n) is 16.4. The summed E-state index contributed by atoms with van der Waals surface area (Å²) in [5.41, 5.74) is -0.311. The Morgan fingerprint density at radius 2 is 1.50 bits per heavy atom. The highest BCUT2D eigenvalue weighted by molar-refractivity contribution is 7.81. The van der Waals surface area contributed by atoms with Crippen molar-refractivity contribution in [3.63, 3.8) is 0 Å². The maximum atomic E-state index is 13.0. The first-order valence-corrected chi connectivity index (χ1v) is 11.2. The maximum Gasteiger partial charge on any atom is 0.446 e. The lowest BCUT2D eigenvalue weighted by atomic mass is 10.0. The summed E-state index contributed by atoms with van der Waals surface area (Å²) in [6, 6.07) is 7.13. The Kier molecular flexibility index (Phi) is 6.18. The van der Waals surface area contributed by atoms with Gasteiger partial charge in [0.05, 0.1) is 16.6 Å². The SMILES string of the molecule is CN(C)N=Nc1cc(OS(=O)(=O)O)ccc1-c1coc2cc(OS(=O)(=O)O)ccc2c1=O. The topological polar surface area (TPSA) is 185 Å². The van der Waals surface area contributed by atoms with E-state index in [1.54, 1.807) is 14.1 Å². The number of nitrogens with zero attached hydrogens (tertiary/aromatic N) is 3. The molecule has 2 N–H and O–H groups in total. The van der Waals surface area contributed by atoms with Gasteiger partial charge in [0.25, 0.3) is 0 Å². The van der Waals surface area contributed by atoms with Gasteiger partial charge in [-0.2, -0.15) is 16.8 Å². The standard InChI is InChI=1S/C17H15N3O10S2/c1-20(2)19-18-15-7-10(29-31(22,23)24)3-5-12(15)14-9-28-16-8-11(30-32(25,26)27)4-6-13(16)17(14)21/h3-9H,1-2H3,(H,22,23,24)(H,25,26,27). The summed E-state index contributed by atoms with van der Waals surface area (Å²) in [6.45, 7) is 0. The Hall–Kier alpha value is -3.53. The van der Waals surface area contributed by atoms with E-state index in [1.807, 2.05) is 0 Å². The largest absolute Gasteiger partial charge is 0.463 e. The molecule has 3 rings (SSSR count). The number of benzene rings is 2. The van der Waals surface area contributed by atoms with Gasteiger partial charge in [0.1, 0.15) is 23.3 Å². The molecule has 2 aromatic carbocycles. The lowest BCUT2D eigenvalue weighted by Gasteiger charge is -2.09. The predicted octanol–water partition coefficient (Wildman–Crippen LogP) is 2.38. The van der Waals surface area contributed by atoms with Gasteiger partial charge in [-0.05, 0) is 24.3 Å². The van der Waals surface area contributed by atoms with Crippen molar-refractivity contribution in [2.45, 2.75) is 0 Å². The first kappa shape index (κ1) is 23.1. The van der Waals surface area contributed by atoms with Gasteiger partial charge in [-0.25, -0.2) is 0 Å². The zero-order chi connectivity index (χ0) is 23.7. The molecular weight excluding hydrogens is 470 g/mol. The minimum Gasteiger partial charge on any atom is -0.463 e. The molecule has 0 unspecified atom stereocenters. The van der Waals surface area contributed by atoms with Crippen LogP contribution in [0.5, 0.6) is 11.5 Å². The average Bonchev–Trinajstić information content (AvgIpc) is 2.64. The van der Waals surface area contributed by atoms with Crippen LogP contribution in [-0.4, -0.2) is 45.0 Å². The number of rotatable bonds is 7. The molecule has 32 heavy (non-hydrogen) atoms. The predicted molar refractivity (Wildman–Crippen MR) is 110 cm³/mol. The van der Waals surface area contributed by atoms with Crippen molar-refractivity contribution in [2.75, 3.05) is 14.1 Å². The van der Waals surface area contributed by atoms with Gasteiger partial charge < -0.3 is 12.8 Å². The average molecular weight is 485 g/mol. The molecule has 0 spiro atoms. The third-order valence-corrected chi connectivity index (χ3v) is 4.55. The van der Waals surface area contributed by atoms with Crippen LogP contribution in [0.15, 0.2) is 62.2 Å². The van der Waals surface area contributed by atoms with E-state index >= 15 is 0 Å². The molecule has 0 radical (unpaired) electrons. The Labute approximate surface area is 181 Å². The second-order valence-corrected chi connectivity index (χ2v) is 8.42. The van der Waals surface area contributed by atoms with Gasteiger partial charge in [0, 0.05) is 31.8 Å². The molecule has 0 aliphatic carbocycles. The van der Waals surface area contributed by atoms with E-state index in [-0.39, 0.29) is 39.3 Å². The van der Waals surface area contributed by atoms with Crippen LogP contribution in [0.2, 0.25) is 0 Å². The molecule has 170 valence electrons. The summed E-state index contributed by atoms with van der Waals surface area (Å²) in [4.78, 5) is 13.0. The molecule has 0 amide bonds. The summed E-state index contributed by atoms with van der Waals surface area (Å²) < 4.78 is 75.5. The lowest BCUT2D eigenvalue weighted by molar-refractivity contribution is 0.384. The Balaban J connectivity index is 2.14. The van der Waals surface area contributed by atoms with Crippen LogP contribution in [0, 0.1) is 0 Å². The summed E-state index contributed by atoms with van der Waals surface area (Å²) in [6.07, 6.45) is 1.08. The van der Waals surface area contributed by atoms with Crippen molar-refractivity contribution < 1.29 is 38.7 Å². The third kappa shape index (κ3) is 5.79. The van der Waals surface area contributed by atoms with Crippen LogP contribution in [0.1, 0.15) is 0 Å². The van der Waals surface area contributed by atoms with Crippen LogP contribution >= 0.6 is 0 Å². The van der Waals surface area contributed by atoms with Crippen LogP contribution in [-0.2, 0) is 20.8 Å². The van der Waals surface area contributed by atoms with Crippen molar-refractivity contribution in [1.29, 1.82) is 0 Å². The Morgan fingerprint density at radius 1 is 0.906 bits per heavy atom. The monoisotopic (exact) mass is 485 g/mol. The van der Waals surface area contributed by atoms with E-state index in [0.717, 1.165) is 24.5 Å². The van der Waals surface area contributed by atoms with Gasteiger partial charge in [-0.15, -0.1) is 5.11 Å². The Bertz CT molecular complexity index is 1480. The fraction of sp³-hybridized carbons (Fsp3) is 0.118. The fourth-order valence-corrected chi connectivity index (χ4v) is 3.29. The number of hydrogen-bond donors (Lipinski definition) is 2. The van der Waals surface area contributed by atoms with Gasteiger partial charge >= 0.3 is 20.8 Å². The van der Waals surface area contributed by atoms with Gasteiger partial charge in [-0.3, -0.25) is 18.9 Å². The summed E-state index contributed by atoms with van der Waals surface area (Å²) in [5.74, 6) is -0.552. The minimum atomic E-state index is -4.79. The highest BCUT2D eigenvalue weighted by Crippen LogP contribution is 2.34. The quantitative estimate of drug-likeness (QED) is 0.284. The summed E-state index contributed by atoms with van der Waals surface area (Å²) in [7, 11) is -6.39. The van der Waals surface area contributed by atoms with Crippen molar-refractivity contribution in [3.8, 4) is 22.6 Å². The molecular formula is C17H15N3O10S2. The summed E-state index contributed by atoms with van der Waals surface area (Å²) in [5, 5.41) is 9.17. The van der Waals surface area contributed by atoms with Crippen molar-refractivity contribution in [3.05, 3.63) is 52.9 Å². The first-order valence-electron chi connectivity index (χ1n) is 8.45. The summed E-state index contributed by atoms with van der Waals surface area (Å²) >= 11 is 0. The van der Waals surface area contributed by atoms with E-state index in [9.17, 15) is 21.6 Å². The maximum absolute atomic E-state index is 13.0. The normalized spacial score (nSPS) is 12.2. The molecule has 0 saturated carbocycles. The minimum absolute atomic E-state index is 0.0204. The van der Waals surface area contributed by atoms with E-state index in [2.05, 4.69) is 18.7 Å². The van der Waals surface area contributed by atoms with Crippen molar-refractivity contribution in [1.82, 2.24) is 5.01 Å². The molecule has 15 heteroatoms. The first-order chi connectivity index (χ1) is 14.8. The second-order valence-electron chi connectivity index (χ2n) is 6.37. The van der Waals surface area contributed by atoms with E-state index < -0.39 is 26.2 Å². The molecule has 3 aromatic rings. The van der Waals surface area contributed by atoms with Crippen LogP contribution in [0.3, 0.4) is 0 Å². The molecule has 1 aromatic heterocycles. The molecule has 0 fully saturated rings. The van der Waals surface area contributed by atoms with Crippen LogP contribution in [0.25, 0.3) is 22.1 Å². The van der Waals surface area contributed by atoms with E-state index in [0.29, 0.717) is 0 Å². The Morgan fingerprint density at radius 3 is 2.09 bits per heavy atom. The van der Waals surface area contributed by atoms with Gasteiger partial charge in [0.2, 0.25) is 5.43 Å². The lowest BCUT2D eigenvalue weighted by Crippen LogP contribution is -2.08. The third-order valence-electron chi connectivity index (χ3n) is 3.74. The van der Waals surface area contributed by atoms with Crippen molar-refractivity contribution in [2.24, 2.45) is 10.3 Å².